The molecule has 0 aliphatic carbocycles. The zero-order valence-corrected chi connectivity index (χ0v) is 12.6. The van der Waals surface area contributed by atoms with Crippen molar-refractivity contribution in [2.75, 3.05) is 6.54 Å². The number of nitrogens with zero attached hydrogens (tertiary/aromatic N) is 1. The number of carbonyl (C=O) groups is 1. The molecule has 1 aliphatic heterocycles. The number of rotatable bonds is 3. The molecule has 110 valence electrons. The van der Waals surface area contributed by atoms with Gasteiger partial charge in [-0.2, -0.15) is 8.42 Å². The Hall–Kier alpha value is -1.43. The average molecular weight is 299 g/mol. The Morgan fingerprint density at radius 1 is 1.25 bits per heavy atom. The van der Waals surface area contributed by atoms with Crippen LogP contribution in [0.5, 0.6) is 0 Å². The van der Waals surface area contributed by atoms with Crippen molar-refractivity contribution in [2.24, 2.45) is 0 Å². The van der Waals surface area contributed by atoms with E-state index in [-0.39, 0.29) is 18.9 Å². The molecule has 2 rings (SSSR count). The van der Waals surface area contributed by atoms with E-state index in [1.807, 2.05) is 32.9 Å². The minimum Gasteiger partial charge on any atom is -0.337 e. The molecule has 1 aromatic carbocycles. The van der Waals surface area contributed by atoms with Crippen molar-refractivity contribution in [3.05, 3.63) is 34.4 Å². The van der Waals surface area contributed by atoms with E-state index in [9.17, 15) is 17.1 Å². The van der Waals surface area contributed by atoms with Crippen molar-refractivity contribution in [1.82, 2.24) is 4.90 Å². The molecule has 0 saturated carbocycles. The maximum absolute atomic E-state index is 13.0. The minimum absolute atomic E-state index is 0.0651. The number of benzene rings is 1. The Morgan fingerprint density at radius 3 is 2.25 bits per heavy atom. The van der Waals surface area contributed by atoms with Gasteiger partial charge in [0.05, 0.1) is 0 Å². The lowest BCUT2D eigenvalue weighted by Gasteiger charge is -2.19. The van der Waals surface area contributed by atoms with Gasteiger partial charge in [-0.15, -0.1) is 3.89 Å². The molecular weight excluding hydrogens is 281 g/mol. The van der Waals surface area contributed by atoms with Crippen molar-refractivity contribution in [2.45, 2.75) is 39.0 Å². The molecule has 0 bridgehead atoms. The first-order valence-electron chi connectivity index (χ1n) is 6.46. The van der Waals surface area contributed by atoms with Gasteiger partial charge in [0.2, 0.25) is 5.91 Å². The molecule has 0 radical (unpaired) electrons. The van der Waals surface area contributed by atoms with Crippen LogP contribution in [0.15, 0.2) is 12.1 Å². The number of carbonyl (C=O) groups excluding carboxylic acids is 1. The van der Waals surface area contributed by atoms with Crippen LogP contribution in [0, 0.1) is 20.8 Å². The summed E-state index contributed by atoms with van der Waals surface area (Å²) >= 11 is 0. The van der Waals surface area contributed by atoms with Gasteiger partial charge >= 0.3 is 10.2 Å². The van der Waals surface area contributed by atoms with Gasteiger partial charge in [0.25, 0.3) is 0 Å². The number of amides is 1. The summed E-state index contributed by atoms with van der Waals surface area (Å²) in [5.74, 6) is -0.310. The van der Waals surface area contributed by atoms with Gasteiger partial charge in [0, 0.05) is 19.5 Å². The number of hydrogen-bond donors (Lipinski definition) is 0. The summed E-state index contributed by atoms with van der Waals surface area (Å²) in [5, 5.41) is -1.22. The van der Waals surface area contributed by atoms with Crippen LogP contribution in [0.4, 0.5) is 3.89 Å². The first kappa shape index (κ1) is 15.0. The molecule has 6 heteroatoms. The normalized spacial score (nSPS) is 19.7. The van der Waals surface area contributed by atoms with E-state index in [0.29, 0.717) is 6.54 Å². The average Bonchev–Trinajstić information content (AvgIpc) is 2.65. The molecule has 0 aromatic heterocycles. The van der Waals surface area contributed by atoms with Gasteiger partial charge in [0.1, 0.15) is 5.25 Å². The molecule has 0 spiro atoms. The van der Waals surface area contributed by atoms with Gasteiger partial charge in [-0.3, -0.25) is 4.79 Å². The van der Waals surface area contributed by atoms with E-state index in [4.69, 9.17) is 0 Å². The number of hydrogen-bond acceptors (Lipinski definition) is 3. The molecule has 1 fully saturated rings. The van der Waals surface area contributed by atoms with Crippen LogP contribution in [0.2, 0.25) is 0 Å². The molecule has 4 nitrogen and oxygen atoms in total. The summed E-state index contributed by atoms with van der Waals surface area (Å²) in [7, 11) is -4.65. The lowest BCUT2D eigenvalue weighted by atomic mass is 9.99. The Morgan fingerprint density at radius 2 is 1.80 bits per heavy atom. The van der Waals surface area contributed by atoms with Gasteiger partial charge in [-0.1, -0.05) is 17.7 Å². The fourth-order valence-electron chi connectivity index (χ4n) is 2.73. The van der Waals surface area contributed by atoms with Gasteiger partial charge < -0.3 is 4.90 Å². The van der Waals surface area contributed by atoms with Crippen molar-refractivity contribution in [1.29, 1.82) is 0 Å². The smallest absolute Gasteiger partial charge is 0.307 e. The van der Waals surface area contributed by atoms with E-state index >= 15 is 0 Å². The lowest BCUT2D eigenvalue weighted by Crippen LogP contribution is -2.27. The second-order valence-electron chi connectivity index (χ2n) is 5.45. The minimum atomic E-state index is -4.65. The standard InChI is InChI=1S/C14H18FNO3S/c1-9-4-10(2)13(11(3)5-9)8-16-7-12(6-14(16)17)20(15,18)19/h4-5,12H,6-8H2,1-3H3. The van der Waals surface area contributed by atoms with Crippen LogP contribution in [0.3, 0.4) is 0 Å². The van der Waals surface area contributed by atoms with Crippen LogP contribution in [-0.4, -0.2) is 31.0 Å². The second kappa shape index (κ2) is 5.16. The summed E-state index contributed by atoms with van der Waals surface area (Å²) in [4.78, 5) is 13.2. The summed E-state index contributed by atoms with van der Waals surface area (Å²) < 4.78 is 34.8. The highest BCUT2D eigenvalue weighted by atomic mass is 32.3. The van der Waals surface area contributed by atoms with Crippen LogP contribution in [-0.2, 0) is 21.6 Å². The van der Waals surface area contributed by atoms with E-state index in [1.54, 1.807) is 0 Å². The van der Waals surface area contributed by atoms with E-state index in [2.05, 4.69) is 0 Å². The van der Waals surface area contributed by atoms with Crippen molar-refractivity contribution in [3.8, 4) is 0 Å². The largest absolute Gasteiger partial charge is 0.337 e. The Balaban J connectivity index is 2.22. The molecule has 1 heterocycles. The van der Waals surface area contributed by atoms with Crippen molar-refractivity contribution < 1.29 is 17.1 Å². The van der Waals surface area contributed by atoms with Crippen LogP contribution >= 0.6 is 0 Å². The topological polar surface area (TPSA) is 54.5 Å². The van der Waals surface area contributed by atoms with Crippen LogP contribution in [0.25, 0.3) is 0 Å². The third-order valence-electron chi connectivity index (χ3n) is 3.77. The summed E-state index contributed by atoms with van der Waals surface area (Å²) in [6.45, 7) is 6.18. The number of likely N-dealkylation sites (tertiary alicyclic amines) is 1. The summed E-state index contributed by atoms with van der Waals surface area (Å²) in [5.41, 5.74) is 4.25. The molecule has 1 saturated heterocycles. The quantitative estimate of drug-likeness (QED) is 0.802. The Bertz CT molecular complexity index is 631. The molecule has 20 heavy (non-hydrogen) atoms. The molecule has 1 atom stereocenters. The predicted octanol–water partition coefficient (Wildman–Crippen LogP) is 2.01. The lowest BCUT2D eigenvalue weighted by molar-refractivity contribution is -0.128. The first-order chi connectivity index (χ1) is 9.18. The fourth-order valence-corrected chi connectivity index (χ4v) is 3.43. The molecule has 1 unspecified atom stereocenters. The number of aryl methyl sites for hydroxylation is 3. The molecule has 1 amide bonds. The highest BCUT2D eigenvalue weighted by Crippen LogP contribution is 2.24. The highest BCUT2D eigenvalue weighted by Gasteiger charge is 2.38. The van der Waals surface area contributed by atoms with E-state index in [1.165, 1.54) is 4.90 Å². The van der Waals surface area contributed by atoms with Crippen molar-refractivity contribution >= 4 is 16.1 Å². The van der Waals surface area contributed by atoms with Crippen LogP contribution < -0.4 is 0 Å². The van der Waals surface area contributed by atoms with Gasteiger partial charge in [-0.05, 0) is 37.5 Å². The first-order valence-corrected chi connectivity index (χ1v) is 7.91. The maximum atomic E-state index is 13.0. The molecule has 1 aliphatic rings. The monoisotopic (exact) mass is 299 g/mol. The summed E-state index contributed by atoms with van der Waals surface area (Å²) in [6.07, 6.45) is -0.261. The second-order valence-corrected chi connectivity index (χ2v) is 7.07. The van der Waals surface area contributed by atoms with E-state index < -0.39 is 15.5 Å². The highest BCUT2D eigenvalue weighted by molar-refractivity contribution is 7.87. The zero-order valence-electron chi connectivity index (χ0n) is 11.8. The maximum Gasteiger partial charge on any atom is 0.307 e. The van der Waals surface area contributed by atoms with Crippen LogP contribution in [0.1, 0.15) is 28.7 Å². The molecule has 1 aromatic rings. The molecular formula is C14H18FNO3S. The predicted molar refractivity (Wildman–Crippen MR) is 74.5 cm³/mol. The SMILES string of the molecule is Cc1cc(C)c(CN2CC(S(=O)(=O)F)CC2=O)c(C)c1. The fraction of sp³-hybridized carbons (Fsp3) is 0.500. The molecule has 0 N–H and O–H groups in total. The third-order valence-corrected chi connectivity index (χ3v) is 4.88. The Labute approximate surface area is 118 Å². The summed E-state index contributed by atoms with van der Waals surface area (Å²) in [6, 6.07) is 4.04. The third kappa shape index (κ3) is 3.00. The van der Waals surface area contributed by atoms with E-state index in [0.717, 1.165) is 22.3 Å². The van der Waals surface area contributed by atoms with Crippen molar-refractivity contribution in [3.63, 3.8) is 0 Å². The number of halogens is 1. The zero-order chi connectivity index (χ0) is 15.1. The van der Waals surface area contributed by atoms with Gasteiger partial charge in [0.15, 0.2) is 0 Å². The Kier molecular flexibility index (Phi) is 3.86. The van der Waals surface area contributed by atoms with Gasteiger partial charge in [-0.25, -0.2) is 0 Å².